The number of rotatable bonds is 4. The van der Waals surface area contributed by atoms with E-state index >= 15 is 0 Å². The second-order valence-corrected chi connectivity index (χ2v) is 9.72. The number of hydrogen-bond acceptors (Lipinski definition) is 4. The van der Waals surface area contributed by atoms with Crippen LogP contribution in [0.1, 0.15) is 26.2 Å². The van der Waals surface area contributed by atoms with Crippen molar-refractivity contribution in [2.45, 2.75) is 48.0 Å². The molecule has 4 aliphatic rings. The average Bonchev–Trinajstić information content (AvgIpc) is 3.33. The molecule has 138 valence electrons. The molecule has 0 unspecified atom stereocenters. The highest BCUT2D eigenvalue weighted by Gasteiger charge is 2.67. The Balaban J connectivity index is 1.45. The van der Waals surface area contributed by atoms with Crippen molar-refractivity contribution < 1.29 is 19.1 Å². The summed E-state index contributed by atoms with van der Waals surface area (Å²) in [5, 5.41) is 2.84. The second kappa shape index (κ2) is 6.60. The quantitative estimate of drug-likeness (QED) is 0.491. The van der Waals surface area contributed by atoms with Crippen LogP contribution >= 0.6 is 31.9 Å². The molecule has 6 nitrogen and oxygen atoms in total. The van der Waals surface area contributed by atoms with Crippen molar-refractivity contribution in [2.24, 2.45) is 23.7 Å². The van der Waals surface area contributed by atoms with Gasteiger partial charge in [-0.3, -0.25) is 19.3 Å². The number of hydrogen-bond donors (Lipinski definition) is 1. The van der Waals surface area contributed by atoms with Crippen molar-refractivity contribution in [1.82, 2.24) is 10.2 Å². The van der Waals surface area contributed by atoms with Crippen molar-refractivity contribution in [3.8, 4) is 0 Å². The van der Waals surface area contributed by atoms with Crippen molar-refractivity contribution >= 4 is 49.6 Å². The smallest absolute Gasteiger partial charge is 0.243 e. The highest BCUT2D eigenvalue weighted by molar-refractivity contribution is 9.12. The van der Waals surface area contributed by atoms with E-state index in [4.69, 9.17) is 4.74 Å². The summed E-state index contributed by atoms with van der Waals surface area (Å²) in [5.41, 5.74) is 0. The maximum atomic E-state index is 12.9. The third kappa shape index (κ3) is 2.70. The van der Waals surface area contributed by atoms with Crippen LogP contribution in [0, 0.1) is 23.7 Å². The number of fused-ring (bicyclic) bond motifs is 5. The van der Waals surface area contributed by atoms with Gasteiger partial charge in [-0.15, -0.1) is 0 Å². The fourth-order valence-corrected chi connectivity index (χ4v) is 6.91. The third-order valence-corrected chi connectivity index (χ3v) is 9.52. The molecule has 3 amide bonds. The minimum atomic E-state index is -0.769. The summed E-state index contributed by atoms with van der Waals surface area (Å²) in [4.78, 5) is 39.9. The van der Waals surface area contributed by atoms with Crippen LogP contribution in [-0.4, -0.2) is 57.6 Å². The van der Waals surface area contributed by atoms with E-state index in [-0.39, 0.29) is 57.2 Å². The largest absolute Gasteiger partial charge is 0.376 e. The number of ether oxygens (including phenoxy) is 1. The molecule has 0 aromatic rings. The molecule has 8 heteroatoms. The molecule has 0 radical (unpaired) electrons. The average molecular weight is 478 g/mol. The fourth-order valence-electron chi connectivity index (χ4n) is 5.04. The van der Waals surface area contributed by atoms with Crippen molar-refractivity contribution in [3.05, 3.63) is 0 Å². The number of amides is 3. The predicted molar refractivity (Wildman–Crippen MR) is 97.3 cm³/mol. The second-order valence-electron chi connectivity index (χ2n) is 7.61. The molecule has 0 aromatic heterocycles. The number of nitrogens with zero attached hydrogens (tertiary/aromatic N) is 1. The van der Waals surface area contributed by atoms with Crippen molar-refractivity contribution in [1.29, 1.82) is 0 Å². The lowest BCUT2D eigenvalue weighted by Gasteiger charge is -2.28. The third-order valence-electron chi connectivity index (χ3n) is 6.32. The lowest BCUT2D eigenvalue weighted by atomic mass is 9.81. The summed E-state index contributed by atoms with van der Waals surface area (Å²) in [6.45, 7) is 2.80. The first-order valence-corrected chi connectivity index (χ1v) is 10.8. The van der Waals surface area contributed by atoms with Crippen LogP contribution in [0.4, 0.5) is 0 Å². The van der Waals surface area contributed by atoms with Gasteiger partial charge in [0.2, 0.25) is 17.7 Å². The molecule has 8 atom stereocenters. The van der Waals surface area contributed by atoms with E-state index in [1.807, 2.05) is 0 Å². The van der Waals surface area contributed by atoms with E-state index in [0.29, 0.717) is 6.54 Å². The Morgan fingerprint density at radius 3 is 2.36 bits per heavy atom. The minimum Gasteiger partial charge on any atom is -0.376 e. The molecule has 4 rings (SSSR count). The van der Waals surface area contributed by atoms with Gasteiger partial charge in [-0.1, -0.05) is 31.9 Å². The van der Waals surface area contributed by atoms with Gasteiger partial charge in [-0.25, -0.2) is 0 Å². The molecule has 2 saturated heterocycles. The van der Waals surface area contributed by atoms with E-state index in [2.05, 4.69) is 37.2 Å². The fraction of sp³-hybridized carbons (Fsp3) is 0.824. The molecule has 2 aliphatic heterocycles. The first kappa shape index (κ1) is 17.9. The molecule has 2 bridgehead atoms. The van der Waals surface area contributed by atoms with Crippen LogP contribution in [0.3, 0.4) is 0 Å². The summed E-state index contributed by atoms with van der Waals surface area (Å²) in [6.07, 6.45) is 2.88. The zero-order chi connectivity index (χ0) is 17.9. The highest BCUT2D eigenvalue weighted by atomic mass is 79.9. The Hall–Kier alpha value is -0.470. The Kier molecular flexibility index (Phi) is 4.73. The number of carbonyl (C=O) groups is 3. The molecule has 1 N–H and O–H groups in total. The zero-order valence-electron chi connectivity index (χ0n) is 14.0. The van der Waals surface area contributed by atoms with Gasteiger partial charge in [0.15, 0.2) is 0 Å². The van der Waals surface area contributed by atoms with E-state index < -0.39 is 6.04 Å². The van der Waals surface area contributed by atoms with Gasteiger partial charge in [-0.2, -0.15) is 0 Å². The van der Waals surface area contributed by atoms with Gasteiger partial charge in [-0.05, 0) is 38.0 Å². The van der Waals surface area contributed by atoms with Gasteiger partial charge in [0.05, 0.1) is 17.9 Å². The SMILES string of the molecule is C[C@@H](C(=O)NC[C@@H]1CCCO1)N1C(=O)[C@@H]2[C@@H]3C[C@H]([C@H](Br)[C@@H]3Br)[C@@H]2C1=O. The molecule has 0 aromatic carbocycles. The van der Waals surface area contributed by atoms with Gasteiger partial charge in [0.1, 0.15) is 6.04 Å². The molecule has 4 fully saturated rings. The summed E-state index contributed by atoms with van der Waals surface area (Å²) in [5.74, 6) is -0.841. The number of halogens is 2. The summed E-state index contributed by atoms with van der Waals surface area (Å²) < 4.78 is 5.50. The van der Waals surface area contributed by atoms with Crippen LogP contribution in [0.5, 0.6) is 0 Å². The number of likely N-dealkylation sites (tertiary alicyclic amines) is 1. The number of alkyl halides is 2. The Bertz CT molecular complexity index is 577. The molecular weight excluding hydrogens is 456 g/mol. The molecular formula is C17H22Br2N2O4. The van der Waals surface area contributed by atoms with E-state index in [1.54, 1.807) is 6.92 Å². The Labute approximate surface area is 163 Å². The first-order valence-electron chi connectivity index (χ1n) is 8.96. The summed E-state index contributed by atoms with van der Waals surface area (Å²) >= 11 is 7.34. The maximum Gasteiger partial charge on any atom is 0.243 e. The molecule has 0 spiro atoms. The Morgan fingerprint density at radius 1 is 1.24 bits per heavy atom. The van der Waals surface area contributed by atoms with Crippen molar-refractivity contribution in [2.75, 3.05) is 13.2 Å². The molecule has 2 saturated carbocycles. The van der Waals surface area contributed by atoms with E-state index in [1.165, 1.54) is 4.90 Å². The summed E-state index contributed by atoms with van der Waals surface area (Å²) in [6, 6.07) is -0.769. The molecule has 2 heterocycles. The topological polar surface area (TPSA) is 75.7 Å². The normalized spacial score (nSPS) is 43.6. The molecule has 25 heavy (non-hydrogen) atoms. The lowest BCUT2D eigenvalue weighted by Crippen LogP contribution is -2.50. The van der Waals surface area contributed by atoms with E-state index in [0.717, 1.165) is 25.9 Å². The van der Waals surface area contributed by atoms with Crippen LogP contribution in [0.25, 0.3) is 0 Å². The van der Waals surface area contributed by atoms with Gasteiger partial charge < -0.3 is 10.1 Å². The summed E-state index contributed by atoms with van der Waals surface area (Å²) in [7, 11) is 0. The van der Waals surface area contributed by atoms with E-state index in [9.17, 15) is 14.4 Å². The monoisotopic (exact) mass is 476 g/mol. The standard InChI is InChI=1S/C17H22Br2N2O4/c1-7(15(22)20-6-8-3-2-4-25-8)21-16(23)11-9-5-10(12(11)17(21)24)14(19)13(9)18/h7-14H,2-6H2,1H3,(H,20,22)/t7-,8-,9-,10-,11-,12+,13-,14+/m0/s1. The van der Waals surface area contributed by atoms with Crippen LogP contribution < -0.4 is 5.32 Å². The van der Waals surface area contributed by atoms with Gasteiger partial charge in [0.25, 0.3) is 0 Å². The number of imide groups is 1. The van der Waals surface area contributed by atoms with Crippen LogP contribution in [0.2, 0.25) is 0 Å². The van der Waals surface area contributed by atoms with Crippen LogP contribution in [-0.2, 0) is 19.1 Å². The number of nitrogens with one attached hydrogen (secondary N) is 1. The number of carbonyl (C=O) groups excluding carboxylic acids is 3. The van der Waals surface area contributed by atoms with Crippen LogP contribution in [0.15, 0.2) is 0 Å². The first-order chi connectivity index (χ1) is 11.9. The highest BCUT2D eigenvalue weighted by Crippen LogP contribution is 2.60. The maximum absolute atomic E-state index is 12.9. The Morgan fingerprint density at radius 2 is 1.84 bits per heavy atom. The predicted octanol–water partition coefficient (Wildman–Crippen LogP) is 1.45. The molecule has 2 aliphatic carbocycles. The van der Waals surface area contributed by atoms with Crippen molar-refractivity contribution in [3.63, 3.8) is 0 Å². The zero-order valence-corrected chi connectivity index (χ0v) is 17.2. The van der Waals surface area contributed by atoms with Gasteiger partial charge >= 0.3 is 0 Å². The van der Waals surface area contributed by atoms with Gasteiger partial charge in [0, 0.05) is 22.8 Å². The lowest BCUT2D eigenvalue weighted by molar-refractivity contribution is -0.148. The minimum absolute atomic E-state index is 0.0414.